The van der Waals surface area contributed by atoms with Crippen molar-refractivity contribution in [3.63, 3.8) is 0 Å². The number of anilines is 1. The molecule has 35 heavy (non-hydrogen) atoms. The second-order valence-electron chi connectivity index (χ2n) is 11.5. The van der Waals surface area contributed by atoms with Crippen LogP contribution in [0.5, 0.6) is 0 Å². The van der Waals surface area contributed by atoms with E-state index in [0.717, 1.165) is 18.3 Å². The molecule has 2 atom stereocenters. The van der Waals surface area contributed by atoms with Crippen LogP contribution in [-0.2, 0) is 18.8 Å². The average Bonchev–Trinajstić information content (AvgIpc) is 2.97. The molecule has 2 amide bonds. The molecular formula is C24H40BN5O5. The molecule has 0 aliphatic carbocycles. The van der Waals surface area contributed by atoms with Gasteiger partial charge in [0, 0.05) is 37.5 Å². The number of rotatable bonds is 6. The first-order chi connectivity index (χ1) is 16.2. The van der Waals surface area contributed by atoms with Crippen LogP contribution < -0.4 is 16.1 Å². The van der Waals surface area contributed by atoms with Gasteiger partial charge in [-0.1, -0.05) is 0 Å². The number of likely N-dealkylation sites (tertiary alicyclic amines) is 1. The lowest BCUT2D eigenvalue weighted by molar-refractivity contribution is -0.134. The Bertz CT molecular complexity index is 887. The van der Waals surface area contributed by atoms with Crippen molar-refractivity contribution in [3.05, 3.63) is 12.4 Å². The monoisotopic (exact) mass is 489 g/mol. The lowest BCUT2D eigenvalue weighted by Crippen LogP contribution is -2.51. The number of nitrogens with one attached hydrogen (secondary N) is 2. The van der Waals surface area contributed by atoms with E-state index in [4.69, 9.17) is 14.0 Å². The predicted octanol–water partition coefficient (Wildman–Crippen LogP) is 2.34. The molecule has 2 saturated heterocycles. The van der Waals surface area contributed by atoms with E-state index in [1.165, 1.54) is 0 Å². The summed E-state index contributed by atoms with van der Waals surface area (Å²) in [7, 11) is -0.497. The fourth-order valence-electron chi connectivity index (χ4n) is 4.02. The zero-order chi connectivity index (χ0) is 26.0. The Morgan fingerprint density at radius 2 is 1.80 bits per heavy atom. The largest absolute Gasteiger partial charge is 0.498 e. The molecule has 10 nitrogen and oxygen atoms in total. The predicted molar refractivity (Wildman–Crippen MR) is 134 cm³/mol. The van der Waals surface area contributed by atoms with E-state index in [1.54, 1.807) is 45.0 Å². The van der Waals surface area contributed by atoms with Gasteiger partial charge in [-0.05, 0) is 74.1 Å². The summed E-state index contributed by atoms with van der Waals surface area (Å²) in [5.74, 6) is 0.671. The van der Waals surface area contributed by atoms with Crippen molar-refractivity contribution in [2.45, 2.75) is 91.1 Å². The van der Waals surface area contributed by atoms with Gasteiger partial charge in [0.1, 0.15) is 11.6 Å². The van der Waals surface area contributed by atoms with Gasteiger partial charge < -0.3 is 29.6 Å². The third-order valence-electron chi connectivity index (χ3n) is 6.68. The molecule has 2 fully saturated rings. The molecule has 0 saturated carbocycles. The molecule has 0 spiro atoms. The van der Waals surface area contributed by atoms with Crippen LogP contribution in [0.4, 0.5) is 10.7 Å². The van der Waals surface area contributed by atoms with Crippen LogP contribution in [0.1, 0.15) is 68.2 Å². The maximum atomic E-state index is 12.9. The summed E-state index contributed by atoms with van der Waals surface area (Å²) in [5.41, 5.74) is -0.674. The van der Waals surface area contributed by atoms with Crippen LogP contribution in [-0.4, -0.2) is 76.5 Å². The highest BCUT2D eigenvalue weighted by Crippen LogP contribution is 2.36. The quantitative estimate of drug-likeness (QED) is 0.586. The number of carbonyl (C=O) groups excluding carboxylic acids is 2. The molecular weight excluding hydrogens is 449 g/mol. The zero-order valence-corrected chi connectivity index (χ0v) is 22.3. The molecule has 11 heteroatoms. The Hall–Kier alpha value is -2.40. The number of hydrogen-bond acceptors (Lipinski definition) is 8. The Morgan fingerprint density at radius 1 is 1.20 bits per heavy atom. The Morgan fingerprint density at radius 3 is 2.37 bits per heavy atom. The molecule has 1 aromatic heterocycles. The number of carbonyl (C=O) groups is 2. The second kappa shape index (κ2) is 10.3. The van der Waals surface area contributed by atoms with E-state index in [9.17, 15) is 9.59 Å². The number of alkyl carbamates (subject to hydrolysis) is 1. The number of ether oxygens (including phenoxy) is 1. The second-order valence-corrected chi connectivity index (χ2v) is 11.5. The first kappa shape index (κ1) is 27.2. The van der Waals surface area contributed by atoms with Gasteiger partial charge in [0.15, 0.2) is 0 Å². The van der Waals surface area contributed by atoms with Crippen molar-refractivity contribution >= 4 is 30.5 Å². The molecule has 2 aliphatic rings. The Labute approximate surface area is 209 Å². The summed E-state index contributed by atoms with van der Waals surface area (Å²) in [5, 5.41) is 5.92. The Balaban J connectivity index is 1.48. The summed E-state index contributed by atoms with van der Waals surface area (Å²) in [4.78, 5) is 35.5. The highest BCUT2D eigenvalue weighted by atomic mass is 16.7. The molecule has 3 rings (SSSR count). The molecule has 0 radical (unpaired) electrons. The van der Waals surface area contributed by atoms with Gasteiger partial charge in [-0.15, -0.1) is 0 Å². The molecule has 0 bridgehead atoms. The van der Waals surface area contributed by atoms with Gasteiger partial charge >= 0.3 is 13.2 Å². The third-order valence-corrected chi connectivity index (χ3v) is 6.68. The van der Waals surface area contributed by atoms with Crippen LogP contribution in [0.2, 0.25) is 0 Å². The standard InChI is InChI=1S/C24H40BN5O5/c1-16(29-21(32)33-22(2,3)4)19(31)30-11-9-10-17(15-30)12-26-20-27-13-18(14-28-20)25-34-23(5,6)24(7,8)35-25/h13-14,16-17H,9-12,15H2,1-8H3,(H,29,32)(H,26,27,28)/t16-,17-/m0/s1. The van der Waals surface area contributed by atoms with Crippen LogP contribution in [0.15, 0.2) is 12.4 Å². The first-order valence-electron chi connectivity index (χ1n) is 12.4. The number of hydrogen-bond donors (Lipinski definition) is 2. The molecule has 1 aromatic rings. The van der Waals surface area contributed by atoms with E-state index in [-0.39, 0.29) is 11.8 Å². The first-order valence-corrected chi connectivity index (χ1v) is 12.4. The minimum Gasteiger partial charge on any atom is -0.444 e. The average molecular weight is 489 g/mol. The van der Waals surface area contributed by atoms with E-state index < -0.39 is 36.1 Å². The molecule has 3 heterocycles. The van der Waals surface area contributed by atoms with Crippen molar-refractivity contribution in [2.75, 3.05) is 25.0 Å². The van der Waals surface area contributed by atoms with Gasteiger partial charge in [-0.3, -0.25) is 4.79 Å². The van der Waals surface area contributed by atoms with Crippen molar-refractivity contribution < 1.29 is 23.6 Å². The fraction of sp³-hybridized carbons (Fsp3) is 0.750. The van der Waals surface area contributed by atoms with E-state index >= 15 is 0 Å². The maximum Gasteiger partial charge on any atom is 0.498 e. The van der Waals surface area contributed by atoms with Crippen LogP contribution in [0, 0.1) is 5.92 Å². The third kappa shape index (κ3) is 7.07. The van der Waals surface area contributed by atoms with E-state index in [2.05, 4.69) is 20.6 Å². The van der Waals surface area contributed by atoms with Gasteiger partial charge in [0.25, 0.3) is 0 Å². The van der Waals surface area contributed by atoms with Crippen molar-refractivity contribution in [2.24, 2.45) is 5.92 Å². The molecule has 0 aromatic carbocycles. The van der Waals surface area contributed by atoms with Crippen molar-refractivity contribution in [1.29, 1.82) is 0 Å². The smallest absolute Gasteiger partial charge is 0.444 e. The van der Waals surface area contributed by atoms with Crippen molar-refractivity contribution in [1.82, 2.24) is 20.2 Å². The number of piperidine rings is 1. The lowest BCUT2D eigenvalue weighted by atomic mass is 9.81. The molecule has 2 aliphatic heterocycles. The fourth-order valence-corrected chi connectivity index (χ4v) is 4.02. The van der Waals surface area contributed by atoms with Crippen molar-refractivity contribution in [3.8, 4) is 0 Å². The minimum atomic E-state index is -0.651. The number of nitrogens with zero attached hydrogens (tertiary/aromatic N) is 3. The summed E-state index contributed by atoms with van der Waals surface area (Å²) in [6.45, 7) is 17.0. The summed E-state index contributed by atoms with van der Waals surface area (Å²) in [6, 6.07) is -0.651. The zero-order valence-electron chi connectivity index (χ0n) is 22.3. The summed E-state index contributed by atoms with van der Waals surface area (Å²) in [6.07, 6.45) is 4.75. The van der Waals surface area contributed by atoms with Crippen LogP contribution in [0.3, 0.4) is 0 Å². The van der Waals surface area contributed by atoms with Gasteiger partial charge in [-0.25, -0.2) is 14.8 Å². The normalized spacial score (nSPS) is 22.5. The SMILES string of the molecule is C[C@H](NC(=O)OC(C)(C)C)C(=O)N1CCC[C@@H](CNc2ncc(B3OC(C)(C)C(C)(C)O3)cn2)C1. The highest BCUT2D eigenvalue weighted by Gasteiger charge is 2.52. The lowest BCUT2D eigenvalue weighted by Gasteiger charge is -2.34. The highest BCUT2D eigenvalue weighted by molar-refractivity contribution is 6.61. The number of aromatic nitrogens is 2. The topological polar surface area (TPSA) is 115 Å². The van der Waals surface area contributed by atoms with Gasteiger partial charge in [0.05, 0.1) is 11.2 Å². The molecule has 2 N–H and O–H groups in total. The van der Waals surface area contributed by atoms with Gasteiger partial charge in [0.2, 0.25) is 11.9 Å². The summed E-state index contributed by atoms with van der Waals surface area (Å²) >= 11 is 0. The Kier molecular flexibility index (Phi) is 8.01. The molecule has 194 valence electrons. The summed E-state index contributed by atoms with van der Waals surface area (Å²) < 4.78 is 17.4. The maximum absolute atomic E-state index is 12.9. The molecule has 0 unspecified atom stereocenters. The van der Waals surface area contributed by atoms with Gasteiger partial charge in [-0.2, -0.15) is 0 Å². The number of amides is 2. The van der Waals surface area contributed by atoms with E-state index in [1.807, 2.05) is 27.7 Å². The van der Waals surface area contributed by atoms with Crippen LogP contribution >= 0.6 is 0 Å². The van der Waals surface area contributed by atoms with Crippen LogP contribution in [0.25, 0.3) is 0 Å². The van der Waals surface area contributed by atoms with E-state index in [0.29, 0.717) is 25.6 Å². The minimum absolute atomic E-state index is 0.108.